The van der Waals surface area contributed by atoms with Crippen molar-refractivity contribution < 1.29 is 14.7 Å². The van der Waals surface area contributed by atoms with Crippen LogP contribution >= 0.6 is 0 Å². The fourth-order valence-electron chi connectivity index (χ4n) is 2.05. The molecule has 0 spiro atoms. The molecule has 1 heterocycles. The van der Waals surface area contributed by atoms with E-state index in [1.807, 2.05) is 0 Å². The van der Waals surface area contributed by atoms with Crippen molar-refractivity contribution in [2.45, 2.75) is 37.8 Å². The molecule has 2 rings (SSSR count). The first kappa shape index (κ1) is 10.4. The molecule has 5 heteroatoms. The summed E-state index contributed by atoms with van der Waals surface area (Å²) in [6.45, 7) is 0.613. The summed E-state index contributed by atoms with van der Waals surface area (Å²) in [6, 6.07) is -0.345. The third-order valence-corrected chi connectivity index (χ3v) is 3.09. The molecule has 1 saturated carbocycles. The summed E-state index contributed by atoms with van der Waals surface area (Å²) in [7, 11) is 0. The average Bonchev–Trinajstić information content (AvgIpc) is 2.57. The van der Waals surface area contributed by atoms with Gasteiger partial charge < -0.3 is 15.7 Å². The van der Waals surface area contributed by atoms with E-state index in [2.05, 4.69) is 10.6 Å². The largest absolute Gasteiger partial charge is 0.393 e. The van der Waals surface area contributed by atoms with Crippen molar-refractivity contribution in [3.05, 3.63) is 0 Å². The number of hydrogen-bond acceptors (Lipinski definition) is 3. The van der Waals surface area contributed by atoms with Crippen molar-refractivity contribution in [3.63, 3.8) is 0 Å². The van der Waals surface area contributed by atoms with Gasteiger partial charge in [0, 0.05) is 13.0 Å². The number of carbonyl (C=O) groups excluding carboxylic acids is 2. The summed E-state index contributed by atoms with van der Waals surface area (Å²) in [6.07, 6.45) is 2.41. The highest BCUT2D eigenvalue weighted by molar-refractivity contribution is 5.90. The average molecular weight is 212 g/mol. The van der Waals surface area contributed by atoms with Crippen LogP contribution in [0.2, 0.25) is 0 Å². The smallest absolute Gasteiger partial charge is 0.242 e. The summed E-state index contributed by atoms with van der Waals surface area (Å²) in [5, 5.41) is 14.5. The van der Waals surface area contributed by atoms with Crippen molar-refractivity contribution in [2.24, 2.45) is 5.92 Å². The zero-order chi connectivity index (χ0) is 10.8. The molecule has 5 nitrogen and oxygen atoms in total. The molecule has 15 heavy (non-hydrogen) atoms. The van der Waals surface area contributed by atoms with Crippen LogP contribution in [0.25, 0.3) is 0 Å². The molecule has 1 atom stereocenters. The van der Waals surface area contributed by atoms with Crippen LogP contribution in [0.15, 0.2) is 0 Å². The summed E-state index contributed by atoms with van der Waals surface area (Å²) in [5.74, 6) is 0.262. The minimum atomic E-state index is -0.345. The Hall–Kier alpha value is -1.10. The highest BCUT2D eigenvalue weighted by Gasteiger charge is 2.30. The van der Waals surface area contributed by atoms with Gasteiger partial charge in [0.05, 0.1) is 6.10 Å². The maximum atomic E-state index is 11.5. The fourth-order valence-corrected chi connectivity index (χ4v) is 2.05. The molecule has 0 aromatic heterocycles. The number of nitrogens with one attached hydrogen (secondary N) is 2. The number of rotatable bonds is 3. The first-order valence-corrected chi connectivity index (χ1v) is 5.40. The summed E-state index contributed by atoms with van der Waals surface area (Å²) >= 11 is 0. The molecular weight excluding hydrogens is 196 g/mol. The SMILES string of the molecule is O=C1CC[C@H](C(=O)NCC2CC(O)C2)N1. The third kappa shape index (κ3) is 2.47. The molecule has 1 saturated heterocycles. The van der Waals surface area contributed by atoms with Crippen LogP contribution < -0.4 is 10.6 Å². The van der Waals surface area contributed by atoms with Gasteiger partial charge in [0.1, 0.15) is 6.04 Å². The molecule has 1 aliphatic carbocycles. The number of aliphatic hydroxyl groups is 1. The Morgan fingerprint density at radius 3 is 2.80 bits per heavy atom. The zero-order valence-electron chi connectivity index (χ0n) is 8.53. The molecule has 3 N–H and O–H groups in total. The predicted octanol–water partition coefficient (Wildman–Crippen LogP) is -0.848. The molecule has 0 radical (unpaired) electrons. The van der Waals surface area contributed by atoms with Gasteiger partial charge in [0.15, 0.2) is 0 Å². The van der Waals surface area contributed by atoms with Crippen LogP contribution in [-0.2, 0) is 9.59 Å². The summed E-state index contributed by atoms with van der Waals surface area (Å²) in [4.78, 5) is 22.4. The quantitative estimate of drug-likeness (QED) is 0.570. The van der Waals surface area contributed by atoms with Crippen molar-refractivity contribution in [2.75, 3.05) is 6.54 Å². The van der Waals surface area contributed by atoms with E-state index in [4.69, 9.17) is 5.11 Å². The number of carbonyl (C=O) groups is 2. The van der Waals surface area contributed by atoms with Gasteiger partial charge in [-0.2, -0.15) is 0 Å². The maximum absolute atomic E-state index is 11.5. The van der Waals surface area contributed by atoms with E-state index in [1.54, 1.807) is 0 Å². The fraction of sp³-hybridized carbons (Fsp3) is 0.800. The normalized spacial score (nSPS) is 34.5. The van der Waals surface area contributed by atoms with Crippen molar-refractivity contribution >= 4 is 11.8 Å². The van der Waals surface area contributed by atoms with E-state index >= 15 is 0 Å². The van der Waals surface area contributed by atoms with Crippen molar-refractivity contribution in [1.82, 2.24) is 10.6 Å². The van der Waals surface area contributed by atoms with Crippen molar-refractivity contribution in [3.8, 4) is 0 Å². The first-order chi connectivity index (χ1) is 7.15. The van der Waals surface area contributed by atoms with Gasteiger partial charge in [0.2, 0.25) is 11.8 Å². The Morgan fingerprint density at radius 1 is 1.53 bits per heavy atom. The molecule has 2 fully saturated rings. The van der Waals surface area contributed by atoms with Gasteiger partial charge in [-0.15, -0.1) is 0 Å². The van der Waals surface area contributed by atoms with Crippen LogP contribution in [0.1, 0.15) is 25.7 Å². The topological polar surface area (TPSA) is 78.4 Å². The zero-order valence-corrected chi connectivity index (χ0v) is 8.53. The lowest BCUT2D eigenvalue weighted by Gasteiger charge is -2.31. The summed E-state index contributed by atoms with van der Waals surface area (Å²) in [5.41, 5.74) is 0. The Morgan fingerprint density at radius 2 is 2.27 bits per heavy atom. The molecule has 1 aliphatic heterocycles. The van der Waals surface area contributed by atoms with Gasteiger partial charge in [-0.1, -0.05) is 0 Å². The minimum Gasteiger partial charge on any atom is -0.393 e. The molecule has 0 aromatic carbocycles. The second kappa shape index (κ2) is 4.18. The lowest BCUT2D eigenvalue weighted by atomic mass is 9.82. The van der Waals surface area contributed by atoms with Gasteiger partial charge in [-0.05, 0) is 25.2 Å². The van der Waals surface area contributed by atoms with Gasteiger partial charge in [-0.3, -0.25) is 9.59 Å². The van der Waals surface area contributed by atoms with E-state index in [-0.39, 0.29) is 24.0 Å². The molecule has 0 unspecified atom stereocenters. The second-order valence-corrected chi connectivity index (χ2v) is 4.40. The monoisotopic (exact) mass is 212 g/mol. The minimum absolute atomic E-state index is 0.0470. The van der Waals surface area contributed by atoms with Gasteiger partial charge in [0.25, 0.3) is 0 Å². The number of aliphatic hydroxyl groups excluding tert-OH is 1. The molecule has 84 valence electrons. The Bertz CT molecular complexity index is 274. The lowest BCUT2D eigenvalue weighted by Crippen LogP contribution is -2.45. The predicted molar refractivity (Wildman–Crippen MR) is 52.9 cm³/mol. The maximum Gasteiger partial charge on any atom is 0.242 e. The van der Waals surface area contributed by atoms with Crippen LogP contribution in [-0.4, -0.2) is 35.6 Å². The molecule has 2 amide bonds. The third-order valence-electron chi connectivity index (χ3n) is 3.09. The van der Waals surface area contributed by atoms with Crippen molar-refractivity contribution in [1.29, 1.82) is 0 Å². The molecule has 0 bridgehead atoms. The molecule has 0 aromatic rings. The van der Waals surface area contributed by atoms with Crippen LogP contribution in [0.5, 0.6) is 0 Å². The Kier molecular flexibility index (Phi) is 2.90. The first-order valence-electron chi connectivity index (χ1n) is 5.40. The molecular formula is C10H16N2O3. The standard InChI is InChI=1S/C10H16N2O3/c13-7-3-6(4-7)5-11-10(15)8-1-2-9(14)12-8/h6-8,13H,1-5H2,(H,11,15)(H,12,14)/t6?,7?,8-/m1/s1. The highest BCUT2D eigenvalue weighted by atomic mass is 16.3. The highest BCUT2D eigenvalue weighted by Crippen LogP contribution is 2.26. The summed E-state index contributed by atoms with van der Waals surface area (Å²) < 4.78 is 0. The van der Waals surface area contributed by atoms with E-state index < -0.39 is 0 Å². The van der Waals surface area contributed by atoms with E-state index in [1.165, 1.54) is 0 Å². The number of amides is 2. The Balaban J connectivity index is 1.66. The van der Waals surface area contributed by atoms with Gasteiger partial charge >= 0.3 is 0 Å². The number of hydrogen-bond donors (Lipinski definition) is 3. The van der Waals surface area contributed by atoms with Crippen LogP contribution in [0.4, 0.5) is 0 Å². The van der Waals surface area contributed by atoms with Crippen LogP contribution in [0.3, 0.4) is 0 Å². The van der Waals surface area contributed by atoms with E-state index in [0.717, 1.165) is 12.8 Å². The van der Waals surface area contributed by atoms with Gasteiger partial charge in [-0.25, -0.2) is 0 Å². The lowest BCUT2D eigenvalue weighted by molar-refractivity contribution is -0.126. The van der Waals surface area contributed by atoms with Crippen LogP contribution in [0, 0.1) is 5.92 Å². The molecule has 2 aliphatic rings. The Labute approximate surface area is 88.2 Å². The van der Waals surface area contributed by atoms with E-state index in [0.29, 0.717) is 25.3 Å². The second-order valence-electron chi connectivity index (χ2n) is 4.40. The van der Waals surface area contributed by atoms with E-state index in [9.17, 15) is 9.59 Å².